The first-order valence-corrected chi connectivity index (χ1v) is 9.09. The second kappa shape index (κ2) is 7.53. The zero-order chi connectivity index (χ0) is 18.6. The van der Waals surface area contributed by atoms with Crippen LogP contribution in [0.2, 0.25) is 0 Å². The Labute approximate surface area is 158 Å². The molecule has 0 saturated carbocycles. The van der Waals surface area contributed by atoms with E-state index in [1.807, 2.05) is 42.2 Å². The molecule has 1 aliphatic heterocycles. The van der Waals surface area contributed by atoms with Crippen LogP contribution >= 0.6 is 0 Å². The van der Waals surface area contributed by atoms with Gasteiger partial charge in [0, 0.05) is 36.9 Å². The molecule has 2 aromatic heterocycles. The summed E-state index contributed by atoms with van der Waals surface area (Å²) >= 11 is 0. The maximum atomic E-state index is 13.1. The van der Waals surface area contributed by atoms with Crippen molar-refractivity contribution in [3.63, 3.8) is 0 Å². The summed E-state index contributed by atoms with van der Waals surface area (Å²) in [5.74, 6) is 0.375. The molecule has 0 atom stereocenters. The number of pyridine rings is 1. The molecule has 0 bridgehead atoms. The highest BCUT2D eigenvalue weighted by Crippen LogP contribution is 2.28. The largest absolute Gasteiger partial charge is 0.350 e. The predicted octanol–water partition coefficient (Wildman–Crippen LogP) is 3.39. The molecule has 6 nitrogen and oxygen atoms in total. The fourth-order valence-corrected chi connectivity index (χ4v) is 3.32. The molecule has 1 aliphatic rings. The molecular weight excluding hydrogens is 338 g/mol. The van der Waals surface area contributed by atoms with E-state index in [9.17, 15) is 4.79 Å². The Morgan fingerprint density at radius 2 is 1.96 bits per heavy atom. The van der Waals surface area contributed by atoms with Crippen molar-refractivity contribution < 1.29 is 4.79 Å². The summed E-state index contributed by atoms with van der Waals surface area (Å²) in [5, 5.41) is 3.20. The molecule has 1 aromatic carbocycles. The highest BCUT2D eigenvalue weighted by molar-refractivity contribution is 6.05. The molecule has 0 unspecified atom stereocenters. The van der Waals surface area contributed by atoms with Gasteiger partial charge in [0.1, 0.15) is 5.69 Å². The topological polar surface area (TPSA) is 71.0 Å². The van der Waals surface area contributed by atoms with Crippen LogP contribution in [0.1, 0.15) is 33.7 Å². The van der Waals surface area contributed by atoms with Crippen molar-refractivity contribution >= 4 is 17.5 Å². The lowest BCUT2D eigenvalue weighted by atomic mass is 10.0. The van der Waals surface area contributed by atoms with E-state index in [1.165, 1.54) is 5.56 Å². The van der Waals surface area contributed by atoms with Gasteiger partial charge in [-0.3, -0.25) is 9.78 Å². The van der Waals surface area contributed by atoms with Crippen molar-refractivity contribution in [3.05, 3.63) is 77.4 Å². The molecule has 0 aliphatic carbocycles. The van der Waals surface area contributed by atoms with Crippen molar-refractivity contribution in [1.29, 1.82) is 0 Å². The number of aromatic nitrogens is 3. The first-order chi connectivity index (χ1) is 13.2. The number of rotatable bonds is 4. The molecule has 6 heteroatoms. The summed E-state index contributed by atoms with van der Waals surface area (Å²) in [6.07, 6.45) is 5.45. The lowest BCUT2D eigenvalue weighted by Crippen LogP contribution is -2.36. The van der Waals surface area contributed by atoms with E-state index in [-0.39, 0.29) is 5.91 Å². The standard InChI is InChI=1S/C21H21N5O/c1-15-13-18(25-21(24-15)23-14-16-8-10-22-11-9-16)20(27)26-12-4-6-17-5-2-3-7-19(17)26/h2-3,5,7-11,13H,4,6,12,14H2,1H3,(H,23,24,25). The van der Waals surface area contributed by atoms with Crippen LogP contribution in [0, 0.1) is 6.92 Å². The van der Waals surface area contributed by atoms with Crippen LogP contribution in [0.4, 0.5) is 11.6 Å². The highest BCUT2D eigenvalue weighted by atomic mass is 16.2. The van der Waals surface area contributed by atoms with Crippen LogP contribution in [0.3, 0.4) is 0 Å². The average molecular weight is 359 g/mol. The Morgan fingerprint density at radius 3 is 2.81 bits per heavy atom. The van der Waals surface area contributed by atoms with Crippen molar-refractivity contribution in [1.82, 2.24) is 15.0 Å². The molecule has 136 valence electrons. The van der Waals surface area contributed by atoms with Gasteiger partial charge in [-0.05, 0) is 55.2 Å². The van der Waals surface area contributed by atoms with E-state index in [4.69, 9.17) is 0 Å². The highest BCUT2D eigenvalue weighted by Gasteiger charge is 2.24. The normalized spacial score (nSPS) is 13.1. The van der Waals surface area contributed by atoms with Gasteiger partial charge in [-0.25, -0.2) is 9.97 Å². The minimum Gasteiger partial charge on any atom is -0.350 e. The Balaban J connectivity index is 1.57. The second-order valence-corrected chi connectivity index (χ2v) is 6.62. The SMILES string of the molecule is Cc1cc(C(=O)N2CCCc3ccccc32)nc(NCc2ccncc2)n1. The molecule has 3 heterocycles. The van der Waals surface area contributed by atoms with Gasteiger partial charge in [-0.2, -0.15) is 0 Å². The first kappa shape index (κ1) is 17.1. The van der Waals surface area contributed by atoms with Gasteiger partial charge < -0.3 is 10.2 Å². The molecule has 27 heavy (non-hydrogen) atoms. The third-order valence-corrected chi connectivity index (χ3v) is 4.63. The second-order valence-electron chi connectivity index (χ2n) is 6.62. The van der Waals surface area contributed by atoms with E-state index in [0.29, 0.717) is 24.7 Å². The zero-order valence-corrected chi connectivity index (χ0v) is 15.2. The van der Waals surface area contributed by atoms with Crippen LogP contribution in [0.5, 0.6) is 0 Å². The minimum absolute atomic E-state index is 0.0837. The van der Waals surface area contributed by atoms with Gasteiger partial charge in [0.25, 0.3) is 5.91 Å². The number of aryl methyl sites for hydroxylation is 2. The number of benzene rings is 1. The predicted molar refractivity (Wildman–Crippen MR) is 105 cm³/mol. The number of nitrogens with one attached hydrogen (secondary N) is 1. The number of nitrogens with zero attached hydrogens (tertiary/aromatic N) is 4. The molecule has 0 radical (unpaired) electrons. The summed E-state index contributed by atoms with van der Waals surface area (Å²) in [7, 11) is 0. The van der Waals surface area contributed by atoms with Gasteiger partial charge in [0.15, 0.2) is 0 Å². The number of anilines is 2. The van der Waals surface area contributed by atoms with Crippen LogP contribution < -0.4 is 10.2 Å². The Bertz CT molecular complexity index is 958. The number of para-hydroxylation sites is 1. The van der Waals surface area contributed by atoms with Crippen LogP contribution in [-0.4, -0.2) is 27.4 Å². The molecule has 0 fully saturated rings. The molecule has 1 amide bonds. The average Bonchev–Trinajstić information content (AvgIpc) is 2.72. The fraction of sp³-hybridized carbons (Fsp3) is 0.238. The number of fused-ring (bicyclic) bond motifs is 1. The van der Waals surface area contributed by atoms with Gasteiger partial charge in [-0.1, -0.05) is 18.2 Å². The summed E-state index contributed by atoms with van der Waals surface area (Å²) in [4.78, 5) is 27.9. The van der Waals surface area contributed by atoms with E-state index < -0.39 is 0 Å². The molecule has 3 aromatic rings. The lowest BCUT2D eigenvalue weighted by Gasteiger charge is -2.29. The smallest absolute Gasteiger partial charge is 0.277 e. The Hall–Kier alpha value is -3.28. The lowest BCUT2D eigenvalue weighted by molar-refractivity contribution is 0.0980. The monoisotopic (exact) mass is 359 g/mol. The Morgan fingerprint density at radius 1 is 1.15 bits per heavy atom. The van der Waals surface area contributed by atoms with Crippen molar-refractivity contribution in [2.75, 3.05) is 16.8 Å². The summed E-state index contributed by atoms with van der Waals surface area (Å²) < 4.78 is 0. The Kier molecular flexibility index (Phi) is 4.78. The van der Waals surface area contributed by atoms with Crippen molar-refractivity contribution in [3.8, 4) is 0 Å². The maximum absolute atomic E-state index is 13.1. The fourth-order valence-electron chi connectivity index (χ4n) is 3.32. The van der Waals surface area contributed by atoms with E-state index >= 15 is 0 Å². The molecule has 1 N–H and O–H groups in total. The number of carbonyl (C=O) groups is 1. The molecule has 0 saturated heterocycles. The zero-order valence-electron chi connectivity index (χ0n) is 15.2. The van der Waals surface area contributed by atoms with Crippen LogP contribution in [-0.2, 0) is 13.0 Å². The number of hydrogen-bond donors (Lipinski definition) is 1. The third kappa shape index (κ3) is 3.79. The van der Waals surface area contributed by atoms with E-state index in [2.05, 4.69) is 26.3 Å². The molecule has 0 spiro atoms. The van der Waals surface area contributed by atoms with Crippen LogP contribution in [0.25, 0.3) is 0 Å². The first-order valence-electron chi connectivity index (χ1n) is 9.09. The number of carbonyl (C=O) groups excluding carboxylic acids is 1. The molecular formula is C21H21N5O. The maximum Gasteiger partial charge on any atom is 0.277 e. The number of hydrogen-bond acceptors (Lipinski definition) is 5. The quantitative estimate of drug-likeness (QED) is 0.773. The van der Waals surface area contributed by atoms with E-state index in [0.717, 1.165) is 29.8 Å². The number of amides is 1. The van der Waals surface area contributed by atoms with Crippen molar-refractivity contribution in [2.24, 2.45) is 0 Å². The van der Waals surface area contributed by atoms with E-state index in [1.54, 1.807) is 18.5 Å². The third-order valence-electron chi connectivity index (χ3n) is 4.63. The summed E-state index contributed by atoms with van der Waals surface area (Å²) in [6, 6.07) is 13.7. The summed E-state index contributed by atoms with van der Waals surface area (Å²) in [5.41, 5.74) is 4.44. The molecule has 4 rings (SSSR count). The van der Waals surface area contributed by atoms with Crippen molar-refractivity contribution in [2.45, 2.75) is 26.3 Å². The minimum atomic E-state index is -0.0837. The summed E-state index contributed by atoms with van der Waals surface area (Å²) in [6.45, 7) is 3.16. The van der Waals surface area contributed by atoms with Gasteiger partial charge in [0.2, 0.25) is 5.95 Å². The van der Waals surface area contributed by atoms with Gasteiger partial charge in [0.05, 0.1) is 0 Å². The van der Waals surface area contributed by atoms with Gasteiger partial charge in [-0.15, -0.1) is 0 Å². The van der Waals surface area contributed by atoms with Crippen LogP contribution in [0.15, 0.2) is 54.9 Å². The van der Waals surface area contributed by atoms with Gasteiger partial charge >= 0.3 is 0 Å².